The molecule has 1 amide bonds. The number of amides is 1. The Labute approximate surface area is 188 Å². The third kappa shape index (κ3) is 5.37. The second-order valence-electron chi connectivity index (χ2n) is 8.09. The number of carbonyl (C=O) groups is 1. The van der Waals surface area contributed by atoms with Gasteiger partial charge < -0.3 is 14.4 Å². The van der Waals surface area contributed by atoms with Crippen LogP contribution in [0.3, 0.4) is 0 Å². The number of carbonyl (C=O) groups excluding carboxylic acids is 1. The highest BCUT2D eigenvalue weighted by Gasteiger charge is 2.25. The number of para-hydroxylation sites is 1. The summed E-state index contributed by atoms with van der Waals surface area (Å²) in [5.74, 6) is 0.900. The van der Waals surface area contributed by atoms with Crippen LogP contribution in [0.4, 0.5) is 0 Å². The Morgan fingerprint density at radius 3 is 2.61 bits per heavy atom. The molecule has 2 aromatic carbocycles. The number of hydrogen-bond donors (Lipinski definition) is 0. The Balaban J connectivity index is 1.27. The SMILES string of the molecule is CCCCCOc1ccc(C(=O)N2CCC(Oc3nc4c(C)cccc4s3)CC2)cc1. The molecule has 0 bridgehead atoms. The summed E-state index contributed by atoms with van der Waals surface area (Å²) >= 11 is 1.59. The highest BCUT2D eigenvalue weighted by atomic mass is 32.1. The number of fused-ring (bicyclic) bond motifs is 1. The van der Waals surface area contributed by atoms with Crippen LogP contribution in [0.25, 0.3) is 10.2 Å². The smallest absolute Gasteiger partial charge is 0.274 e. The minimum absolute atomic E-state index is 0.0756. The molecule has 31 heavy (non-hydrogen) atoms. The second-order valence-corrected chi connectivity index (χ2v) is 9.08. The van der Waals surface area contributed by atoms with Crippen LogP contribution in [0.5, 0.6) is 10.9 Å². The van der Waals surface area contributed by atoms with E-state index >= 15 is 0 Å². The van der Waals surface area contributed by atoms with Crippen molar-refractivity contribution < 1.29 is 14.3 Å². The Bertz CT molecular complexity index is 1010. The van der Waals surface area contributed by atoms with Crippen molar-refractivity contribution in [2.45, 2.75) is 52.1 Å². The van der Waals surface area contributed by atoms with Gasteiger partial charge in [-0.3, -0.25) is 4.79 Å². The van der Waals surface area contributed by atoms with Crippen LogP contribution in [0, 0.1) is 6.92 Å². The summed E-state index contributed by atoms with van der Waals surface area (Å²) in [4.78, 5) is 19.4. The first kappa shape index (κ1) is 21.6. The van der Waals surface area contributed by atoms with Gasteiger partial charge in [0.05, 0.1) is 16.8 Å². The maximum absolute atomic E-state index is 12.9. The lowest BCUT2D eigenvalue weighted by Crippen LogP contribution is -2.41. The maximum atomic E-state index is 12.9. The van der Waals surface area contributed by atoms with Crippen molar-refractivity contribution in [3.63, 3.8) is 0 Å². The van der Waals surface area contributed by atoms with Crippen LogP contribution in [0.1, 0.15) is 54.9 Å². The summed E-state index contributed by atoms with van der Waals surface area (Å²) < 4.78 is 13.0. The van der Waals surface area contributed by atoms with E-state index in [-0.39, 0.29) is 12.0 Å². The predicted molar refractivity (Wildman–Crippen MR) is 125 cm³/mol. The number of ether oxygens (including phenoxy) is 2. The summed E-state index contributed by atoms with van der Waals surface area (Å²) in [6.07, 6.45) is 5.15. The number of nitrogens with zero attached hydrogens (tertiary/aromatic N) is 2. The van der Waals surface area contributed by atoms with Crippen molar-refractivity contribution >= 4 is 27.5 Å². The van der Waals surface area contributed by atoms with Crippen LogP contribution in [0.2, 0.25) is 0 Å². The number of aryl methyl sites for hydroxylation is 1. The monoisotopic (exact) mass is 438 g/mol. The first-order valence-corrected chi connectivity index (χ1v) is 12.0. The zero-order valence-electron chi connectivity index (χ0n) is 18.3. The van der Waals surface area contributed by atoms with Gasteiger partial charge in [0.15, 0.2) is 0 Å². The van der Waals surface area contributed by atoms with Crippen LogP contribution in [0.15, 0.2) is 42.5 Å². The highest BCUT2D eigenvalue weighted by molar-refractivity contribution is 7.20. The minimum atomic E-state index is 0.0756. The molecule has 0 saturated carbocycles. The van der Waals surface area contributed by atoms with E-state index in [1.807, 2.05) is 29.2 Å². The summed E-state index contributed by atoms with van der Waals surface area (Å²) in [5.41, 5.74) is 2.90. The molecule has 3 aromatic rings. The van der Waals surface area contributed by atoms with Gasteiger partial charge in [-0.15, -0.1) is 0 Å². The van der Waals surface area contributed by atoms with E-state index in [2.05, 4.69) is 37.0 Å². The van der Waals surface area contributed by atoms with Gasteiger partial charge in [0.25, 0.3) is 11.1 Å². The normalized spacial score (nSPS) is 14.7. The van der Waals surface area contributed by atoms with Crippen LogP contribution >= 0.6 is 11.3 Å². The summed E-state index contributed by atoms with van der Waals surface area (Å²) in [6, 6.07) is 13.7. The molecule has 5 nitrogen and oxygen atoms in total. The first-order chi connectivity index (χ1) is 15.1. The molecule has 0 N–H and O–H groups in total. The van der Waals surface area contributed by atoms with Crippen LogP contribution in [-0.4, -0.2) is 41.6 Å². The van der Waals surface area contributed by atoms with Crippen molar-refractivity contribution in [3.05, 3.63) is 53.6 Å². The zero-order valence-corrected chi connectivity index (χ0v) is 19.1. The molecule has 0 atom stereocenters. The number of piperidine rings is 1. The third-order valence-electron chi connectivity index (χ3n) is 5.72. The molecular weight excluding hydrogens is 408 g/mol. The largest absolute Gasteiger partial charge is 0.494 e. The lowest BCUT2D eigenvalue weighted by atomic mass is 10.1. The van der Waals surface area contributed by atoms with Gasteiger partial charge >= 0.3 is 0 Å². The molecule has 0 radical (unpaired) electrons. The average molecular weight is 439 g/mol. The van der Waals surface area contributed by atoms with Crippen molar-refractivity contribution in [2.24, 2.45) is 0 Å². The van der Waals surface area contributed by atoms with E-state index in [0.717, 1.165) is 47.0 Å². The van der Waals surface area contributed by atoms with Crippen molar-refractivity contribution in [3.8, 4) is 10.9 Å². The maximum Gasteiger partial charge on any atom is 0.274 e. The van der Waals surface area contributed by atoms with E-state index in [1.165, 1.54) is 18.4 Å². The summed E-state index contributed by atoms with van der Waals surface area (Å²) in [6.45, 7) is 6.37. The Morgan fingerprint density at radius 2 is 1.90 bits per heavy atom. The average Bonchev–Trinajstić information content (AvgIpc) is 3.21. The number of aromatic nitrogens is 1. The lowest BCUT2D eigenvalue weighted by Gasteiger charge is -2.31. The lowest BCUT2D eigenvalue weighted by molar-refractivity contribution is 0.0595. The van der Waals surface area contributed by atoms with Crippen molar-refractivity contribution in [1.29, 1.82) is 0 Å². The minimum Gasteiger partial charge on any atom is -0.494 e. The summed E-state index contributed by atoms with van der Waals surface area (Å²) in [5, 5.41) is 0.726. The molecule has 1 fully saturated rings. The highest BCUT2D eigenvalue weighted by Crippen LogP contribution is 2.31. The predicted octanol–water partition coefficient (Wildman–Crippen LogP) is 5.86. The molecule has 1 aliphatic heterocycles. The molecule has 164 valence electrons. The number of thiazole rings is 1. The van der Waals surface area contributed by atoms with E-state index in [1.54, 1.807) is 11.3 Å². The van der Waals surface area contributed by atoms with E-state index in [9.17, 15) is 4.79 Å². The number of rotatable bonds is 8. The van der Waals surface area contributed by atoms with Crippen LogP contribution in [-0.2, 0) is 0 Å². The molecule has 1 aromatic heterocycles. The van der Waals surface area contributed by atoms with Crippen molar-refractivity contribution in [1.82, 2.24) is 9.88 Å². The van der Waals surface area contributed by atoms with Gasteiger partial charge in [0.2, 0.25) is 0 Å². The Morgan fingerprint density at radius 1 is 1.13 bits per heavy atom. The quantitative estimate of drug-likeness (QED) is 0.414. The van der Waals surface area contributed by atoms with Crippen LogP contribution < -0.4 is 9.47 Å². The molecule has 0 unspecified atom stereocenters. The molecular formula is C25H30N2O3S. The van der Waals surface area contributed by atoms with E-state index in [4.69, 9.17) is 9.47 Å². The number of unbranched alkanes of at least 4 members (excludes halogenated alkanes) is 2. The fourth-order valence-corrected chi connectivity index (χ4v) is 4.81. The zero-order chi connectivity index (χ0) is 21.6. The summed E-state index contributed by atoms with van der Waals surface area (Å²) in [7, 11) is 0. The first-order valence-electron chi connectivity index (χ1n) is 11.2. The molecule has 4 rings (SSSR count). The van der Waals surface area contributed by atoms with Gasteiger partial charge in [0, 0.05) is 31.5 Å². The Hall–Kier alpha value is -2.60. The van der Waals surface area contributed by atoms with E-state index < -0.39 is 0 Å². The molecule has 0 aliphatic carbocycles. The number of hydrogen-bond acceptors (Lipinski definition) is 5. The molecule has 0 spiro atoms. The number of benzene rings is 2. The fourth-order valence-electron chi connectivity index (χ4n) is 3.85. The van der Waals surface area contributed by atoms with Crippen molar-refractivity contribution in [2.75, 3.05) is 19.7 Å². The number of likely N-dealkylation sites (tertiary alicyclic amines) is 1. The van der Waals surface area contributed by atoms with Gasteiger partial charge in [-0.05, 0) is 49.2 Å². The van der Waals surface area contributed by atoms with Gasteiger partial charge in [0.1, 0.15) is 11.9 Å². The van der Waals surface area contributed by atoms with Gasteiger partial charge in [-0.1, -0.05) is 43.2 Å². The standard InChI is InChI=1S/C25H30N2O3S/c1-3-4-5-17-29-20-11-9-19(10-12-20)24(28)27-15-13-21(14-16-27)30-25-26-23-18(2)7-6-8-22(23)31-25/h6-12,21H,3-5,13-17H2,1-2H3. The topological polar surface area (TPSA) is 51.7 Å². The molecule has 1 saturated heterocycles. The third-order valence-corrected chi connectivity index (χ3v) is 6.63. The van der Waals surface area contributed by atoms with Gasteiger partial charge in [-0.2, -0.15) is 0 Å². The molecule has 2 heterocycles. The van der Waals surface area contributed by atoms with Gasteiger partial charge in [-0.25, -0.2) is 4.98 Å². The fraction of sp³-hybridized carbons (Fsp3) is 0.440. The van der Waals surface area contributed by atoms with E-state index in [0.29, 0.717) is 18.7 Å². The Kier molecular flexibility index (Phi) is 7.07. The molecule has 6 heteroatoms. The second kappa shape index (κ2) is 10.1. The molecule has 1 aliphatic rings.